The van der Waals surface area contributed by atoms with Crippen LogP contribution in [0.2, 0.25) is 0 Å². The van der Waals surface area contributed by atoms with Gasteiger partial charge in [0.2, 0.25) is 0 Å². The summed E-state index contributed by atoms with van der Waals surface area (Å²) in [5, 5.41) is 25.5. The van der Waals surface area contributed by atoms with Gasteiger partial charge in [-0.2, -0.15) is 0 Å². The molecule has 4 saturated carbocycles. The van der Waals surface area contributed by atoms with Gasteiger partial charge in [0.1, 0.15) is 0 Å². The molecule has 0 spiro atoms. The summed E-state index contributed by atoms with van der Waals surface area (Å²) >= 11 is 0. The molecule has 10 atom stereocenters. The van der Waals surface area contributed by atoms with Crippen molar-refractivity contribution in [1.29, 1.82) is 0 Å². The van der Waals surface area contributed by atoms with Gasteiger partial charge in [-0.15, -0.1) is 0 Å². The Balaban J connectivity index is 1.35. The molecule has 0 radical (unpaired) electrons. The number of nitrogens with one attached hydrogen (secondary N) is 1. The molecule has 0 aromatic carbocycles. The highest BCUT2D eigenvalue weighted by Gasteiger charge is 2.63. The molecule has 3 nitrogen and oxygen atoms in total. The molecular formula is C26H45NO2. The van der Waals surface area contributed by atoms with Crippen molar-refractivity contribution >= 4 is 0 Å². The van der Waals surface area contributed by atoms with Crippen LogP contribution in [0, 0.1) is 52.3 Å². The Hall–Kier alpha value is -0.120. The van der Waals surface area contributed by atoms with Crippen LogP contribution in [-0.4, -0.2) is 36.0 Å². The molecule has 3 N–H and O–H groups in total. The zero-order valence-electron chi connectivity index (χ0n) is 18.9. The van der Waals surface area contributed by atoms with E-state index in [-0.39, 0.29) is 18.6 Å². The maximum absolute atomic E-state index is 11.6. The van der Waals surface area contributed by atoms with Crippen LogP contribution in [0.4, 0.5) is 0 Å². The van der Waals surface area contributed by atoms with E-state index in [4.69, 9.17) is 0 Å². The SMILES string of the molecule is C[C@@]12CCC[C@H]1[C@@H]1[C@H](O)[C@H](CO)C3C[C@@H](CCC4CCNC4)CC[C@]3(C)[C@H]1CC2. The third kappa shape index (κ3) is 3.33. The minimum absolute atomic E-state index is 0.111. The van der Waals surface area contributed by atoms with E-state index in [2.05, 4.69) is 19.2 Å². The predicted molar refractivity (Wildman–Crippen MR) is 117 cm³/mol. The predicted octanol–water partition coefficient (Wildman–Crippen LogP) is 4.61. The van der Waals surface area contributed by atoms with Crippen molar-refractivity contribution < 1.29 is 10.2 Å². The van der Waals surface area contributed by atoms with E-state index in [1.165, 1.54) is 83.7 Å². The minimum atomic E-state index is -0.274. The molecule has 4 aliphatic carbocycles. The topological polar surface area (TPSA) is 52.5 Å². The van der Waals surface area contributed by atoms with Crippen molar-refractivity contribution in [2.45, 2.75) is 90.6 Å². The first-order chi connectivity index (χ1) is 14.0. The van der Waals surface area contributed by atoms with Crippen LogP contribution < -0.4 is 5.32 Å². The van der Waals surface area contributed by atoms with Crippen molar-refractivity contribution in [2.75, 3.05) is 19.7 Å². The Morgan fingerprint density at radius 2 is 1.72 bits per heavy atom. The number of aliphatic hydroxyl groups excluding tert-OH is 2. The van der Waals surface area contributed by atoms with Gasteiger partial charge in [0.25, 0.3) is 0 Å². The van der Waals surface area contributed by atoms with Gasteiger partial charge in [-0.25, -0.2) is 0 Å². The van der Waals surface area contributed by atoms with Gasteiger partial charge in [-0.3, -0.25) is 0 Å². The summed E-state index contributed by atoms with van der Waals surface area (Å²) in [6, 6.07) is 0. The van der Waals surface area contributed by atoms with Gasteiger partial charge >= 0.3 is 0 Å². The molecule has 166 valence electrons. The summed E-state index contributed by atoms with van der Waals surface area (Å²) in [6.45, 7) is 7.68. The lowest BCUT2D eigenvalue weighted by molar-refractivity contribution is -0.201. The molecule has 5 fully saturated rings. The van der Waals surface area contributed by atoms with E-state index in [1.807, 2.05) is 0 Å². The van der Waals surface area contributed by atoms with E-state index in [1.54, 1.807) is 0 Å². The molecule has 1 heterocycles. The largest absolute Gasteiger partial charge is 0.396 e. The Labute approximate surface area is 178 Å². The monoisotopic (exact) mass is 403 g/mol. The normalized spacial score (nSPS) is 54.6. The van der Waals surface area contributed by atoms with Gasteiger partial charge in [0, 0.05) is 12.5 Å². The van der Waals surface area contributed by atoms with E-state index in [0.717, 1.165) is 11.8 Å². The second-order valence-corrected chi connectivity index (χ2v) is 12.4. The highest BCUT2D eigenvalue weighted by molar-refractivity contribution is 5.11. The van der Waals surface area contributed by atoms with Gasteiger partial charge in [0.15, 0.2) is 0 Å². The maximum atomic E-state index is 11.6. The Morgan fingerprint density at radius 3 is 2.48 bits per heavy atom. The zero-order valence-corrected chi connectivity index (χ0v) is 18.9. The molecule has 29 heavy (non-hydrogen) atoms. The molecular weight excluding hydrogens is 358 g/mol. The zero-order chi connectivity index (χ0) is 20.2. The first-order valence-electron chi connectivity index (χ1n) is 13.0. The molecule has 0 amide bonds. The van der Waals surface area contributed by atoms with E-state index in [9.17, 15) is 10.2 Å². The molecule has 0 aromatic heterocycles. The summed E-state index contributed by atoms with van der Waals surface area (Å²) in [4.78, 5) is 0. The van der Waals surface area contributed by atoms with Crippen LogP contribution in [0.5, 0.6) is 0 Å². The molecule has 2 unspecified atom stereocenters. The summed E-state index contributed by atoms with van der Waals surface area (Å²) in [6.07, 6.45) is 14.5. The first-order valence-corrected chi connectivity index (χ1v) is 13.0. The molecule has 1 aliphatic heterocycles. The third-order valence-electron chi connectivity index (χ3n) is 11.2. The third-order valence-corrected chi connectivity index (χ3v) is 11.2. The van der Waals surface area contributed by atoms with Gasteiger partial charge in [-0.1, -0.05) is 26.7 Å². The van der Waals surface area contributed by atoms with Crippen molar-refractivity contribution in [1.82, 2.24) is 5.32 Å². The van der Waals surface area contributed by atoms with Crippen molar-refractivity contribution in [3.05, 3.63) is 0 Å². The van der Waals surface area contributed by atoms with Gasteiger partial charge < -0.3 is 15.5 Å². The molecule has 0 bridgehead atoms. The second kappa shape index (κ2) is 7.78. The number of hydrogen-bond acceptors (Lipinski definition) is 3. The van der Waals surface area contributed by atoms with Crippen molar-refractivity contribution in [3.63, 3.8) is 0 Å². The fourth-order valence-corrected chi connectivity index (χ4v) is 9.45. The minimum Gasteiger partial charge on any atom is -0.396 e. The highest BCUT2D eigenvalue weighted by Crippen LogP contribution is 2.67. The second-order valence-electron chi connectivity index (χ2n) is 12.4. The maximum Gasteiger partial charge on any atom is 0.0627 e. The average Bonchev–Trinajstić information content (AvgIpc) is 3.36. The fourth-order valence-electron chi connectivity index (χ4n) is 9.45. The molecule has 5 aliphatic rings. The molecule has 5 rings (SSSR count). The fraction of sp³-hybridized carbons (Fsp3) is 1.00. The number of hydrogen-bond donors (Lipinski definition) is 3. The van der Waals surface area contributed by atoms with Crippen LogP contribution >= 0.6 is 0 Å². The summed E-state index contributed by atoms with van der Waals surface area (Å²) in [5.74, 6) is 4.14. The quantitative estimate of drug-likeness (QED) is 0.642. The summed E-state index contributed by atoms with van der Waals surface area (Å²) < 4.78 is 0. The van der Waals surface area contributed by atoms with Crippen LogP contribution in [0.25, 0.3) is 0 Å². The average molecular weight is 404 g/mol. The van der Waals surface area contributed by atoms with Crippen LogP contribution in [0.15, 0.2) is 0 Å². The van der Waals surface area contributed by atoms with Gasteiger partial charge in [0.05, 0.1) is 6.10 Å². The van der Waals surface area contributed by atoms with Crippen molar-refractivity contribution in [3.8, 4) is 0 Å². The smallest absolute Gasteiger partial charge is 0.0627 e. The summed E-state index contributed by atoms with van der Waals surface area (Å²) in [7, 11) is 0. The standard InChI is InChI=1S/C26H45NO2/c1-25-10-3-4-20(25)23-21(8-11-25)26(2)12-7-17(5-6-18-9-13-27-15-18)14-22(26)19(16-28)24(23)29/h17-24,27-29H,3-16H2,1-2H3/t17-,18?,19+,20-,21-,22?,23-,24+,25-,26+/m0/s1. The highest BCUT2D eigenvalue weighted by atomic mass is 16.3. The van der Waals surface area contributed by atoms with Crippen LogP contribution in [0.3, 0.4) is 0 Å². The first kappa shape index (κ1) is 20.8. The number of aliphatic hydroxyl groups is 2. The number of fused-ring (bicyclic) bond motifs is 5. The Bertz CT molecular complexity index is 589. The lowest BCUT2D eigenvalue weighted by atomic mass is 9.42. The Kier molecular flexibility index (Phi) is 5.57. The van der Waals surface area contributed by atoms with E-state index in [0.29, 0.717) is 34.5 Å². The Morgan fingerprint density at radius 1 is 0.897 bits per heavy atom. The molecule has 3 heteroatoms. The molecule has 1 saturated heterocycles. The van der Waals surface area contributed by atoms with Crippen LogP contribution in [-0.2, 0) is 0 Å². The lowest BCUT2D eigenvalue weighted by Crippen LogP contribution is -2.62. The van der Waals surface area contributed by atoms with E-state index >= 15 is 0 Å². The number of rotatable bonds is 4. The molecule has 0 aromatic rings. The lowest BCUT2D eigenvalue weighted by Gasteiger charge is -2.64. The van der Waals surface area contributed by atoms with Crippen LogP contribution in [0.1, 0.15) is 84.5 Å². The summed E-state index contributed by atoms with van der Waals surface area (Å²) in [5.41, 5.74) is 0.796. The van der Waals surface area contributed by atoms with Gasteiger partial charge in [-0.05, 0) is 117 Å². The van der Waals surface area contributed by atoms with E-state index < -0.39 is 0 Å². The van der Waals surface area contributed by atoms with Crippen molar-refractivity contribution in [2.24, 2.45) is 52.3 Å².